The SMILES string of the molecule is CCN(CC)C(=O)C1=C2c3ccccc3NC2c2ccccc2S1. The summed E-state index contributed by atoms with van der Waals surface area (Å²) in [5.41, 5.74) is 4.65. The molecule has 0 spiro atoms. The quantitative estimate of drug-likeness (QED) is 0.893. The average molecular weight is 336 g/mol. The van der Waals surface area contributed by atoms with Crippen LogP contribution in [0.25, 0.3) is 5.57 Å². The average Bonchev–Trinajstić information content (AvgIpc) is 3.02. The van der Waals surface area contributed by atoms with Crippen LogP contribution in [0.3, 0.4) is 0 Å². The number of likely N-dealkylation sites (N-methyl/N-ethyl adjacent to an activating group) is 1. The minimum absolute atomic E-state index is 0.0642. The fraction of sp³-hybridized carbons (Fsp3) is 0.250. The van der Waals surface area contributed by atoms with E-state index in [1.165, 1.54) is 10.5 Å². The van der Waals surface area contributed by atoms with Gasteiger partial charge < -0.3 is 10.2 Å². The molecule has 2 heterocycles. The highest BCUT2D eigenvalue weighted by Crippen LogP contribution is 2.54. The van der Waals surface area contributed by atoms with E-state index in [0.717, 1.165) is 34.8 Å². The van der Waals surface area contributed by atoms with Crippen molar-refractivity contribution in [2.45, 2.75) is 24.8 Å². The third-order valence-electron chi connectivity index (χ3n) is 4.74. The van der Waals surface area contributed by atoms with Crippen molar-refractivity contribution in [3.05, 3.63) is 64.6 Å². The molecule has 4 rings (SSSR count). The number of fused-ring (bicyclic) bond motifs is 5. The molecule has 0 saturated carbocycles. The fourth-order valence-electron chi connectivity index (χ4n) is 3.50. The van der Waals surface area contributed by atoms with Crippen molar-refractivity contribution in [2.24, 2.45) is 0 Å². The Labute approximate surface area is 146 Å². The van der Waals surface area contributed by atoms with E-state index in [9.17, 15) is 4.79 Å². The summed E-state index contributed by atoms with van der Waals surface area (Å²) >= 11 is 1.61. The third kappa shape index (κ3) is 2.25. The first-order valence-corrected chi connectivity index (χ1v) is 9.22. The first kappa shape index (κ1) is 15.3. The number of hydrogen-bond acceptors (Lipinski definition) is 3. The zero-order valence-electron chi connectivity index (χ0n) is 13.9. The van der Waals surface area contributed by atoms with Gasteiger partial charge in [-0.05, 0) is 31.5 Å². The number of benzene rings is 2. The van der Waals surface area contributed by atoms with E-state index in [-0.39, 0.29) is 11.9 Å². The van der Waals surface area contributed by atoms with Crippen LogP contribution in [0.15, 0.2) is 58.3 Å². The van der Waals surface area contributed by atoms with Gasteiger partial charge in [0.25, 0.3) is 5.91 Å². The van der Waals surface area contributed by atoms with Crippen LogP contribution in [0.1, 0.15) is 31.0 Å². The van der Waals surface area contributed by atoms with Gasteiger partial charge in [-0.25, -0.2) is 0 Å². The number of anilines is 1. The molecule has 2 aliphatic heterocycles. The molecule has 122 valence electrons. The largest absolute Gasteiger partial charge is 0.374 e. The number of rotatable bonds is 3. The summed E-state index contributed by atoms with van der Waals surface area (Å²) in [6.07, 6.45) is 0. The van der Waals surface area contributed by atoms with E-state index < -0.39 is 0 Å². The predicted molar refractivity (Wildman–Crippen MR) is 100.0 cm³/mol. The molecular weight excluding hydrogens is 316 g/mol. The van der Waals surface area contributed by atoms with Crippen LogP contribution in [-0.2, 0) is 4.79 Å². The lowest BCUT2D eigenvalue weighted by Gasteiger charge is -2.28. The Bertz CT molecular complexity index is 839. The van der Waals surface area contributed by atoms with E-state index in [1.807, 2.05) is 36.9 Å². The van der Waals surface area contributed by atoms with Crippen molar-refractivity contribution < 1.29 is 4.79 Å². The number of nitrogens with zero attached hydrogens (tertiary/aromatic N) is 1. The second-order valence-electron chi connectivity index (χ2n) is 5.98. The van der Waals surface area contributed by atoms with Gasteiger partial charge in [-0.2, -0.15) is 0 Å². The monoisotopic (exact) mass is 336 g/mol. The Hall–Kier alpha value is -2.20. The molecule has 0 fully saturated rings. The number of para-hydroxylation sites is 1. The van der Waals surface area contributed by atoms with Crippen LogP contribution < -0.4 is 5.32 Å². The zero-order valence-corrected chi connectivity index (χ0v) is 14.7. The van der Waals surface area contributed by atoms with E-state index in [2.05, 4.69) is 35.6 Å². The molecule has 24 heavy (non-hydrogen) atoms. The number of nitrogens with one attached hydrogen (secondary N) is 1. The van der Waals surface area contributed by atoms with Gasteiger partial charge in [0.1, 0.15) is 0 Å². The first-order valence-electron chi connectivity index (χ1n) is 8.40. The molecule has 0 aliphatic carbocycles. The highest BCUT2D eigenvalue weighted by Gasteiger charge is 2.38. The molecule has 1 N–H and O–H groups in total. The van der Waals surface area contributed by atoms with Crippen LogP contribution in [0.4, 0.5) is 5.69 Å². The summed E-state index contributed by atoms with van der Waals surface area (Å²) in [7, 11) is 0. The van der Waals surface area contributed by atoms with E-state index in [1.54, 1.807) is 11.8 Å². The van der Waals surface area contributed by atoms with Gasteiger partial charge in [0.2, 0.25) is 0 Å². The van der Waals surface area contributed by atoms with Gasteiger partial charge in [-0.1, -0.05) is 48.2 Å². The number of thioether (sulfide) groups is 1. The molecule has 2 aliphatic rings. The van der Waals surface area contributed by atoms with Crippen molar-refractivity contribution in [2.75, 3.05) is 18.4 Å². The second kappa shape index (κ2) is 6.02. The Morgan fingerprint density at radius 1 is 1.08 bits per heavy atom. The van der Waals surface area contributed by atoms with Crippen molar-refractivity contribution in [3.8, 4) is 0 Å². The molecule has 1 atom stereocenters. The van der Waals surface area contributed by atoms with Crippen molar-refractivity contribution in [3.63, 3.8) is 0 Å². The lowest BCUT2D eigenvalue weighted by Crippen LogP contribution is -2.32. The Balaban J connectivity index is 1.91. The summed E-state index contributed by atoms with van der Waals surface area (Å²) in [5, 5.41) is 3.61. The number of carbonyl (C=O) groups is 1. The lowest BCUT2D eigenvalue weighted by molar-refractivity contribution is -0.125. The molecule has 0 radical (unpaired) electrons. The molecule has 3 nitrogen and oxygen atoms in total. The molecule has 1 amide bonds. The Kier molecular flexibility index (Phi) is 3.85. The number of amides is 1. The molecular formula is C20H20N2OS. The maximum atomic E-state index is 13.1. The number of hydrogen-bond donors (Lipinski definition) is 1. The Morgan fingerprint density at radius 3 is 2.58 bits per heavy atom. The standard InChI is InChI=1S/C20H20N2OS/c1-3-22(4-2)20(23)19-17-13-9-5-7-11-15(13)21-18(17)14-10-6-8-12-16(14)24-19/h5-12,18,21H,3-4H2,1-2H3. The van der Waals surface area contributed by atoms with Gasteiger partial charge in [-0.3, -0.25) is 4.79 Å². The smallest absolute Gasteiger partial charge is 0.261 e. The zero-order chi connectivity index (χ0) is 16.7. The van der Waals surface area contributed by atoms with Gasteiger partial charge in [0.15, 0.2) is 0 Å². The number of carbonyl (C=O) groups excluding carboxylic acids is 1. The fourth-order valence-corrected chi connectivity index (χ4v) is 4.73. The van der Waals surface area contributed by atoms with E-state index in [0.29, 0.717) is 0 Å². The maximum absolute atomic E-state index is 13.1. The van der Waals surface area contributed by atoms with Gasteiger partial charge in [0, 0.05) is 34.8 Å². The van der Waals surface area contributed by atoms with Crippen LogP contribution in [0.2, 0.25) is 0 Å². The van der Waals surface area contributed by atoms with Gasteiger partial charge in [0.05, 0.1) is 10.9 Å². The minimum atomic E-state index is 0.0642. The Morgan fingerprint density at radius 2 is 1.79 bits per heavy atom. The minimum Gasteiger partial charge on any atom is -0.374 e. The summed E-state index contributed by atoms with van der Waals surface area (Å²) < 4.78 is 0. The molecule has 1 unspecified atom stereocenters. The third-order valence-corrected chi connectivity index (χ3v) is 5.93. The molecule has 0 bridgehead atoms. The summed E-state index contributed by atoms with van der Waals surface area (Å²) in [5.74, 6) is 0.137. The highest BCUT2D eigenvalue weighted by atomic mass is 32.2. The lowest BCUT2D eigenvalue weighted by atomic mass is 9.95. The molecule has 4 heteroatoms. The topological polar surface area (TPSA) is 32.3 Å². The summed E-state index contributed by atoms with van der Waals surface area (Å²) in [4.78, 5) is 17.1. The van der Waals surface area contributed by atoms with Crippen molar-refractivity contribution in [1.82, 2.24) is 4.90 Å². The van der Waals surface area contributed by atoms with Crippen LogP contribution >= 0.6 is 11.8 Å². The van der Waals surface area contributed by atoms with E-state index in [4.69, 9.17) is 0 Å². The predicted octanol–water partition coefficient (Wildman–Crippen LogP) is 4.54. The summed E-state index contributed by atoms with van der Waals surface area (Å²) in [6, 6.07) is 16.7. The maximum Gasteiger partial charge on any atom is 0.261 e. The van der Waals surface area contributed by atoms with Crippen molar-refractivity contribution in [1.29, 1.82) is 0 Å². The van der Waals surface area contributed by atoms with E-state index >= 15 is 0 Å². The van der Waals surface area contributed by atoms with Gasteiger partial charge >= 0.3 is 0 Å². The van der Waals surface area contributed by atoms with Gasteiger partial charge in [-0.15, -0.1) is 0 Å². The molecule has 0 saturated heterocycles. The normalized spacial score (nSPS) is 17.7. The second-order valence-corrected chi connectivity index (χ2v) is 7.04. The first-order chi connectivity index (χ1) is 11.7. The summed E-state index contributed by atoms with van der Waals surface area (Å²) in [6.45, 7) is 5.53. The van der Waals surface area contributed by atoms with Crippen molar-refractivity contribution >= 4 is 28.9 Å². The van der Waals surface area contributed by atoms with Crippen LogP contribution in [0.5, 0.6) is 0 Å². The molecule has 2 aromatic carbocycles. The highest BCUT2D eigenvalue weighted by molar-refractivity contribution is 8.04. The van der Waals surface area contributed by atoms with Crippen LogP contribution in [0, 0.1) is 0 Å². The van der Waals surface area contributed by atoms with Crippen LogP contribution in [-0.4, -0.2) is 23.9 Å². The molecule has 2 aromatic rings. The molecule has 0 aromatic heterocycles.